The van der Waals surface area contributed by atoms with Crippen LogP contribution in [0, 0.1) is 0 Å². The molecule has 90 valence electrons. The van der Waals surface area contributed by atoms with Crippen LogP contribution in [0.3, 0.4) is 0 Å². The van der Waals surface area contributed by atoms with Crippen molar-refractivity contribution in [2.45, 2.75) is 31.9 Å². The fraction of sp³-hybridized carbons (Fsp3) is 0.556. The predicted molar refractivity (Wildman–Crippen MR) is 50.2 cm³/mol. The summed E-state index contributed by atoms with van der Waals surface area (Å²) in [6.45, 7) is 3.37. The number of hydrogen-bond acceptors (Lipinski definition) is 3. The first-order valence-electron chi connectivity index (χ1n) is 4.61. The normalized spacial score (nSPS) is 14.1. The Morgan fingerprint density at radius 1 is 1.56 bits per heavy atom. The third-order valence-electron chi connectivity index (χ3n) is 2.10. The molecule has 0 aliphatic rings. The van der Waals surface area contributed by atoms with Crippen molar-refractivity contribution >= 4 is 5.97 Å². The summed E-state index contributed by atoms with van der Waals surface area (Å²) in [6.07, 6.45) is -1.17. The Kier molecular flexibility index (Phi) is 3.27. The van der Waals surface area contributed by atoms with Crippen molar-refractivity contribution in [3.05, 3.63) is 18.0 Å². The molecule has 0 saturated carbocycles. The second-order valence-electron chi connectivity index (χ2n) is 3.63. The van der Waals surface area contributed by atoms with Crippen LogP contribution < -0.4 is 0 Å². The van der Waals surface area contributed by atoms with E-state index in [1.807, 2.05) is 0 Å². The molecule has 7 heteroatoms. The van der Waals surface area contributed by atoms with Gasteiger partial charge in [0.1, 0.15) is 0 Å². The molecule has 0 saturated heterocycles. The van der Waals surface area contributed by atoms with Gasteiger partial charge in [-0.3, -0.25) is 4.68 Å². The van der Waals surface area contributed by atoms with E-state index in [-0.39, 0.29) is 11.7 Å². The zero-order valence-corrected chi connectivity index (χ0v) is 8.76. The van der Waals surface area contributed by atoms with Crippen molar-refractivity contribution in [3.8, 4) is 0 Å². The third-order valence-corrected chi connectivity index (χ3v) is 2.10. The molecular formula is C9H12F2N2O3. The largest absolute Gasteiger partial charge is 0.477 e. The van der Waals surface area contributed by atoms with Gasteiger partial charge in [0.05, 0.1) is 5.69 Å². The van der Waals surface area contributed by atoms with E-state index >= 15 is 0 Å². The molecule has 16 heavy (non-hydrogen) atoms. The molecule has 0 aromatic carbocycles. The third kappa shape index (κ3) is 2.04. The van der Waals surface area contributed by atoms with Crippen LogP contribution in [-0.4, -0.2) is 31.9 Å². The lowest BCUT2D eigenvalue weighted by molar-refractivity contribution is -0.183. The summed E-state index contributed by atoms with van der Waals surface area (Å²) in [6, 6.07) is 0.922. The van der Waals surface area contributed by atoms with E-state index in [1.54, 1.807) is 13.8 Å². The first kappa shape index (κ1) is 12.6. The summed E-state index contributed by atoms with van der Waals surface area (Å²) in [5, 5.41) is 21.4. The van der Waals surface area contributed by atoms with Crippen LogP contribution in [0.2, 0.25) is 0 Å². The lowest BCUT2D eigenvalue weighted by atomic mass is 10.1. The summed E-state index contributed by atoms with van der Waals surface area (Å²) in [4.78, 5) is 10.3. The van der Waals surface area contributed by atoms with Crippen molar-refractivity contribution in [1.82, 2.24) is 9.78 Å². The highest BCUT2D eigenvalue weighted by Gasteiger charge is 2.49. The van der Waals surface area contributed by atoms with Crippen LogP contribution in [0.25, 0.3) is 0 Å². The lowest BCUT2D eigenvalue weighted by Gasteiger charge is -2.20. The lowest BCUT2D eigenvalue weighted by Crippen LogP contribution is -2.36. The minimum absolute atomic E-state index is 0.220. The summed E-state index contributed by atoms with van der Waals surface area (Å²) in [5.41, 5.74) is -0.220. The Bertz CT molecular complexity index is 390. The summed E-state index contributed by atoms with van der Waals surface area (Å²) >= 11 is 0. The monoisotopic (exact) mass is 234 g/mol. The maximum absolute atomic E-state index is 13.1. The smallest absolute Gasteiger partial charge is 0.377 e. The van der Waals surface area contributed by atoms with Gasteiger partial charge >= 0.3 is 11.9 Å². The van der Waals surface area contributed by atoms with Crippen molar-refractivity contribution in [2.75, 3.05) is 0 Å². The molecule has 2 N–H and O–H groups in total. The van der Waals surface area contributed by atoms with Gasteiger partial charge in [0, 0.05) is 12.2 Å². The Morgan fingerprint density at radius 3 is 2.56 bits per heavy atom. The average molecular weight is 234 g/mol. The highest BCUT2D eigenvalue weighted by molar-refractivity contribution is 5.76. The number of halogens is 2. The predicted octanol–water partition coefficient (Wildman–Crippen LogP) is 1.22. The highest BCUT2D eigenvalue weighted by Crippen LogP contribution is 2.32. The summed E-state index contributed by atoms with van der Waals surface area (Å²) < 4.78 is 27.3. The number of aromatic nitrogens is 2. The van der Waals surface area contributed by atoms with Crippen molar-refractivity contribution in [3.63, 3.8) is 0 Å². The molecule has 1 aromatic heterocycles. The number of aliphatic hydroxyl groups is 1. The summed E-state index contributed by atoms with van der Waals surface area (Å²) in [7, 11) is 0. The average Bonchev–Trinajstić information content (AvgIpc) is 2.64. The van der Waals surface area contributed by atoms with E-state index in [1.165, 1.54) is 12.3 Å². The van der Waals surface area contributed by atoms with Crippen LogP contribution in [0.4, 0.5) is 8.78 Å². The maximum atomic E-state index is 13.1. The Balaban J connectivity index is 3.10. The van der Waals surface area contributed by atoms with Gasteiger partial charge in [0.25, 0.3) is 0 Å². The fourth-order valence-corrected chi connectivity index (χ4v) is 1.28. The van der Waals surface area contributed by atoms with Crippen LogP contribution in [0.5, 0.6) is 0 Å². The minimum atomic E-state index is -4.23. The van der Waals surface area contributed by atoms with Crippen LogP contribution >= 0.6 is 0 Å². The van der Waals surface area contributed by atoms with Gasteiger partial charge < -0.3 is 10.2 Å². The molecule has 0 aliphatic heterocycles. The number of alkyl halides is 2. The second kappa shape index (κ2) is 4.17. The van der Waals surface area contributed by atoms with E-state index in [2.05, 4.69) is 5.10 Å². The number of carboxylic acids is 1. The van der Waals surface area contributed by atoms with E-state index < -0.39 is 18.0 Å². The first-order chi connectivity index (χ1) is 7.28. The van der Waals surface area contributed by atoms with Gasteiger partial charge in [0.15, 0.2) is 6.10 Å². The van der Waals surface area contributed by atoms with Crippen LogP contribution in [-0.2, 0) is 4.79 Å². The van der Waals surface area contributed by atoms with Gasteiger partial charge in [-0.1, -0.05) is 0 Å². The van der Waals surface area contributed by atoms with Crippen LogP contribution in [0.1, 0.15) is 31.7 Å². The van der Waals surface area contributed by atoms with Gasteiger partial charge in [0.2, 0.25) is 0 Å². The number of nitrogens with zero attached hydrogens (tertiary/aromatic N) is 2. The highest BCUT2D eigenvalue weighted by atomic mass is 19.3. The van der Waals surface area contributed by atoms with Crippen molar-refractivity contribution < 1.29 is 23.8 Å². The quantitative estimate of drug-likeness (QED) is 0.821. The molecule has 0 fully saturated rings. The first-order valence-corrected chi connectivity index (χ1v) is 4.61. The van der Waals surface area contributed by atoms with Crippen molar-refractivity contribution in [2.24, 2.45) is 0 Å². The fourth-order valence-electron chi connectivity index (χ4n) is 1.28. The molecule has 1 aromatic rings. The molecule has 0 bridgehead atoms. The van der Waals surface area contributed by atoms with Gasteiger partial charge in [-0.15, -0.1) is 0 Å². The number of aliphatic hydroxyl groups excluding tert-OH is 1. The summed E-state index contributed by atoms with van der Waals surface area (Å²) in [5.74, 6) is -6.59. The molecule has 0 aliphatic carbocycles. The maximum Gasteiger partial charge on any atom is 0.377 e. The Hall–Kier alpha value is -1.50. The van der Waals surface area contributed by atoms with Gasteiger partial charge in [-0.25, -0.2) is 4.79 Å². The van der Waals surface area contributed by atoms with E-state index in [4.69, 9.17) is 5.11 Å². The number of rotatable bonds is 4. The SMILES string of the molecule is CC(C)n1nccc1C(O)C(F)(F)C(=O)O. The Labute approximate surface area is 90.3 Å². The standard InChI is InChI=1S/C9H12F2N2O3/c1-5(2)13-6(3-4-12-13)7(14)9(10,11)8(15)16/h3-5,7,14H,1-2H3,(H,15,16). The molecule has 1 rings (SSSR count). The number of hydrogen-bond donors (Lipinski definition) is 2. The second-order valence-corrected chi connectivity index (χ2v) is 3.63. The zero-order valence-electron chi connectivity index (χ0n) is 8.76. The van der Waals surface area contributed by atoms with Gasteiger partial charge in [-0.2, -0.15) is 13.9 Å². The molecule has 5 nitrogen and oxygen atoms in total. The van der Waals surface area contributed by atoms with Crippen LogP contribution in [0.15, 0.2) is 12.3 Å². The molecule has 0 spiro atoms. The topological polar surface area (TPSA) is 75.3 Å². The molecule has 0 amide bonds. The molecule has 0 radical (unpaired) electrons. The van der Waals surface area contributed by atoms with Crippen molar-refractivity contribution in [1.29, 1.82) is 0 Å². The minimum Gasteiger partial charge on any atom is -0.477 e. The molecule has 1 atom stereocenters. The Morgan fingerprint density at radius 2 is 2.12 bits per heavy atom. The van der Waals surface area contributed by atoms with E-state index in [9.17, 15) is 18.7 Å². The van der Waals surface area contributed by atoms with E-state index in [0.717, 1.165) is 4.68 Å². The number of aliphatic carboxylic acids is 1. The number of carboxylic acid groups (broad SMARTS) is 1. The number of carbonyl (C=O) groups is 1. The zero-order chi connectivity index (χ0) is 12.5. The molecular weight excluding hydrogens is 222 g/mol. The molecule has 1 unspecified atom stereocenters. The molecule has 1 heterocycles. The van der Waals surface area contributed by atoms with Gasteiger partial charge in [-0.05, 0) is 19.9 Å². The van der Waals surface area contributed by atoms with E-state index in [0.29, 0.717) is 0 Å².